The second-order valence-corrected chi connectivity index (χ2v) is 5.63. The zero-order chi connectivity index (χ0) is 14.3. The van der Waals surface area contributed by atoms with Crippen molar-refractivity contribution in [1.82, 2.24) is 24.1 Å². The van der Waals surface area contributed by atoms with Crippen LogP contribution in [0.4, 0.5) is 0 Å². The van der Waals surface area contributed by atoms with E-state index >= 15 is 0 Å². The van der Waals surface area contributed by atoms with E-state index < -0.39 is 0 Å². The molecule has 3 aromatic rings. The van der Waals surface area contributed by atoms with Crippen molar-refractivity contribution in [1.29, 1.82) is 0 Å². The van der Waals surface area contributed by atoms with Gasteiger partial charge in [-0.15, -0.1) is 21.5 Å². The molecule has 3 aromatic heterocycles. The molecule has 0 aliphatic heterocycles. The van der Waals surface area contributed by atoms with Crippen molar-refractivity contribution in [2.24, 2.45) is 7.05 Å². The minimum absolute atomic E-state index is 0.0508. The van der Waals surface area contributed by atoms with Crippen LogP contribution in [-0.4, -0.2) is 49.4 Å². The van der Waals surface area contributed by atoms with Crippen LogP contribution in [0.2, 0.25) is 0 Å². The molecule has 0 bridgehead atoms. The van der Waals surface area contributed by atoms with Gasteiger partial charge < -0.3 is 5.11 Å². The van der Waals surface area contributed by atoms with Crippen LogP contribution in [0.1, 0.15) is 5.82 Å². The molecule has 0 atom stereocenters. The fourth-order valence-corrected chi connectivity index (χ4v) is 3.10. The monoisotopic (exact) mass is 293 g/mol. The topological polar surface area (TPSA) is 75.7 Å². The number of aliphatic hydroxyl groups is 1. The summed E-state index contributed by atoms with van der Waals surface area (Å²) in [5.74, 6) is 1.29. The summed E-state index contributed by atoms with van der Waals surface area (Å²) in [5.41, 5.74) is 0.788. The highest BCUT2D eigenvalue weighted by molar-refractivity contribution is 7.17. The molecular weight excluding hydrogens is 278 g/mol. The first-order chi connectivity index (χ1) is 9.63. The highest BCUT2D eigenvalue weighted by Crippen LogP contribution is 2.19. The maximum atomic E-state index is 12.2. The second kappa shape index (κ2) is 4.97. The molecule has 0 fully saturated rings. The third kappa shape index (κ3) is 1.92. The Morgan fingerprint density at radius 1 is 1.45 bits per heavy atom. The SMILES string of the molecule is CN(CCO)Cc1nnc2n(C)c(=O)c3sccc3n12. The molecular formula is C12H15N5O2S. The predicted molar refractivity (Wildman–Crippen MR) is 77.0 cm³/mol. The van der Waals surface area contributed by atoms with E-state index in [0.29, 0.717) is 23.6 Å². The maximum absolute atomic E-state index is 12.2. The van der Waals surface area contributed by atoms with Crippen molar-refractivity contribution >= 4 is 27.3 Å². The standard InChI is InChI=1S/C12H15N5O2S/c1-15(4-5-18)7-9-13-14-12-16(2)11(19)10-8(17(9)12)3-6-20-10/h3,6,18H,4-5,7H2,1-2H3. The van der Waals surface area contributed by atoms with Crippen LogP contribution in [0.15, 0.2) is 16.2 Å². The zero-order valence-corrected chi connectivity index (χ0v) is 12.1. The number of hydrogen-bond acceptors (Lipinski definition) is 6. The van der Waals surface area contributed by atoms with E-state index in [1.54, 1.807) is 7.05 Å². The van der Waals surface area contributed by atoms with Crippen molar-refractivity contribution < 1.29 is 5.11 Å². The van der Waals surface area contributed by atoms with E-state index in [9.17, 15) is 4.79 Å². The van der Waals surface area contributed by atoms with Crippen LogP contribution < -0.4 is 5.56 Å². The molecule has 0 saturated heterocycles. The van der Waals surface area contributed by atoms with Gasteiger partial charge in [0, 0.05) is 13.6 Å². The fourth-order valence-electron chi connectivity index (χ4n) is 2.25. The minimum Gasteiger partial charge on any atom is -0.395 e. The van der Waals surface area contributed by atoms with Crippen molar-refractivity contribution in [2.75, 3.05) is 20.2 Å². The lowest BCUT2D eigenvalue weighted by Gasteiger charge is -2.13. The third-order valence-corrected chi connectivity index (χ3v) is 4.18. The Hall–Kier alpha value is -1.77. The molecule has 0 aromatic carbocycles. The largest absolute Gasteiger partial charge is 0.395 e. The van der Waals surface area contributed by atoms with Crippen LogP contribution in [0, 0.1) is 0 Å². The van der Waals surface area contributed by atoms with Gasteiger partial charge in [0.2, 0.25) is 5.78 Å². The summed E-state index contributed by atoms with van der Waals surface area (Å²) in [4.78, 5) is 14.1. The summed E-state index contributed by atoms with van der Waals surface area (Å²) in [7, 11) is 3.61. The molecule has 3 heterocycles. The fraction of sp³-hybridized carbons (Fsp3) is 0.417. The van der Waals surface area contributed by atoms with Gasteiger partial charge in [0.25, 0.3) is 5.56 Å². The number of aliphatic hydroxyl groups excluding tert-OH is 1. The van der Waals surface area contributed by atoms with Crippen LogP contribution in [0.25, 0.3) is 16.0 Å². The molecule has 0 amide bonds. The van der Waals surface area contributed by atoms with Crippen molar-refractivity contribution in [3.05, 3.63) is 27.6 Å². The molecule has 0 spiro atoms. The molecule has 0 saturated carbocycles. The molecule has 0 radical (unpaired) electrons. The Kier molecular flexibility index (Phi) is 3.28. The molecule has 8 heteroatoms. The van der Waals surface area contributed by atoms with E-state index in [1.165, 1.54) is 15.9 Å². The summed E-state index contributed by atoms with van der Waals surface area (Å²) >= 11 is 1.42. The summed E-state index contributed by atoms with van der Waals surface area (Å²) in [5, 5.41) is 19.2. The first-order valence-electron chi connectivity index (χ1n) is 6.23. The highest BCUT2D eigenvalue weighted by Gasteiger charge is 2.16. The van der Waals surface area contributed by atoms with Gasteiger partial charge in [0.1, 0.15) is 4.70 Å². The van der Waals surface area contributed by atoms with Gasteiger partial charge in [-0.05, 0) is 18.5 Å². The Balaban J connectivity index is 2.23. The summed E-state index contributed by atoms with van der Waals surface area (Å²) < 4.78 is 4.12. The molecule has 7 nitrogen and oxygen atoms in total. The van der Waals surface area contributed by atoms with Crippen LogP contribution in [-0.2, 0) is 13.6 Å². The number of rotatable bonds is 4. The lowest BCUT2D eigenvalue weighted by Crippen LogP contribution is -2.24. The van der Waals surface area contributed by atoms with Crippen molar-refractivity contribution in [3.63, 3.8) is 0 Å². The smallest absolute Gasteiger partial charge is 0.272 e. The van der Waals surface area contributed by atoms with E-state index in [4.69, 9.17) is 5.11 Å². The Bertz CT molecular complexity index is 818. The molecule has 3 rings (SSSR count). The number of nitrogens with zero attached hydrogens (tertiary/aromatic N) is 5. The molecule has 0 aliphatic rings. The van der Waals surface area contributed by atoms with E-state index in [1.807, 2.05) is 27.8 Å². The summed E-state index contributed by atoms with van der Waals surface area (Å²) in [6.45, 7) is 1.22. The minimum atomic E-state index is -0.0508. The van der Waals surface area contributed by atoms with Crippen LogP contribution in [0.3, 0.4) is 0 Å². The number of thiophene rings is 1. The number of hydrogen-bond donors (Lipinski definition) is 1. The van der Waals surface area contributed by atoms with E-state index in [2.05, 4.69) is 10.2 Å². The van der Waals surface area contributed by atoms with Gasteiger partial charge in [0.05, 0.1) is 18.7 Å². The number of likely N-dealkylation sites (N-methyl/N-ethyl adjacent to an activating group) is 1. The summed E-state index contributed by atoms with van der Waals surface area (Å²) in [6.07, 6.45) is 0. The molecule has 0 aliphatic carbocycles. The predicted octanol–water partition coefficient (Wildman–Crippen LogP) is 0.0668. The lowest BCUT2D eigenvalue weighted by molar-refractivity contribution is 0.214. The van der Waals surface area contributed by atoms with E-state index in [0.717, 1.165) is 11.3 Å². The Morgan fingerprint density at radius 2 is 2.25 bits per heavy atom. The average molecular weight is 293 g/mol. The average Bonchev–Trinajstić information content (AvgIpc) is 3.02. The normalized spacial score (nSPS) is 12.0. The van der Waals surface area contributed by atoms with Gasteiger partial charge in [-0.3, -0.25) is 18.7 Å². The van der Waals surface area contributed by atoms with Gasteiger partial charge in [0.15, 0.2) is 5.82 Å². The van der Waals surface area contributed by atoms with Gasteiger partial charge >= 0.3 is 0 Å². The first-order valence-corrected chi connectivity index (χ1v) is 7.11. The van der Waals surface area contributed by atoms with Crippen molar-refractivity contribution in [2.45, 2.75) is 6.54 Å². The van der Waals surface area contributed by atoms with Gasteiger partial charge in [-0.2, -0.15) is 0 Å². The maximum Gasteiger partial charge on any atom is 0.272 e. The molecule has 20 heavy (non-hydrogen) atoms. The molecule has 106 valence electrons. The third-order valence-electron chi connectivity index (χ3n) is 3.29. The van der Waals surface area contributed by atoms with Gasteiger partial charge in [-0.25, -0.2) is 0 Å². The van der Waals surface area contributed by atoms with Crippen LogP contribution >= 0.6 is 11.3 Å². The number of aryl methyl sites for hydroxylation is 1. The molecule has 1 N–H and O–H groups in total. The van der Waals surface area contributed by atoms with E-state index in [-0.39, 0.29) is 12.2 Å². The van der Waals surface area contributed by atoms with Gasteiger partial charge in [-0.1, -0.05) is 0 Å². The van der Waals surface area contributed by atoms with Crippen molar-refractivity contribution in [3.8, 4) is 0 Å². The second-order valence-electron chi connectivity index (χ2n) is 4.71. The summed E-state index contributed by atoms with van der Waals surface area (Å²) in [6, 6.07) is 1.91. The Morgan fingerprint density at radius 3 is 3.00 bits per heavy atom. The lowest BCUT2D eigenvalue weighted by atomic mass is 10.4. The molecule has 0 unspecified atom stereocenters. The zero-order valence-electron chi connectivity index (χ0n) is 11.3. The highest BCUT2D eigenvalue weighted by atomic mass is 32.1. The quantitative estimate of drug-likeness (QED) is 0.736. The Labute approximate surface area is 118 Å². The number of fused-ring (bicyclic) bond motifs is 3. The number of aromatic nitrogens is 4. The first kappa shape index (κ1) is 13.2. The van der Waals surface area contributed by atoms with Crippen LogP contribution in [0.5, 0.6) is 0 Å².